The lowest BCUT2D eigenvalue weighted by molar-refractivity contribution is 0.0476. The normalized spacial score (nSPS) is 10.9. The first-order valence-electron chi connectivity index (χ1n) is 8.86. The third-order valence-corrected chi connectivity index (χ3v) is 4.74. The molecular formula is C22H23NO4. The molecule has 0 radical (unpaired) electrons. The second-order valence-electron chi connectivity index (χ2n) is 6.46. The van der Waals surface area contributed by atoms with Gasteiger partial charge in [-0.15, -0.1) is 0 Å². The van der Waals surface area contributed by atoms with Gasteiger partial charge in [-0.3, -0.25) is 4.79 Å². The maximum absolute atomic E-state index is 12.6. The maximum Gasteiger partial charge on any atom is 0.339 e. The van der Waals surface area contributed by atoms with E-state index < -0.39 is 5.97 Å². The van der Waals surface area contributed by atoms with Crippen LogP contribution in [0.1, 0.15) is 32.1 Å². The predicted octanol–water partition coefficient (Wildman–Crippen LogP) is 3.94. The van der Waals surface area contributed by atoms with Crippen LogP contribution in [0, 0.1) is 13.8 Å². The number of carbonyl (C=O) groups excluding carboxylic acids is 2. The third kappa shape index (κ3) is 3.93. The average molecular weight is 365 g/mol. The Morgan fingerprint density at radius 2 is 1.74 bits per heavy atom. The smallest absolute Gasteiger partial charge is 0.339 e. The molecule has 0 unspecified atom stereocenters. The Bertz CT molecular complexity index is 982. The third-order valence-electron chi connectivity index (χ3n) is 4.74. The van der Waals surface area contributed by atoms with E-state index in [0.717, 1.165) is 22.2 Å². The van der Waals surface area contributed by atoms with Gasteiger partial charge in [-0.25, -0.2) is 4.79 Å². The monoisotopic (exact) mass is 365 g/mol. The van der Waals surface area contributed by atoms with Crippen molar-refractivity contribution in [2.45, 2.75) is 20.4 Å². The van der Waals surface area contributed by atoms with Crippen LogP contribution in [0.4, 0.5) is 0 Å². The first-order chi connectivity index (χ1) is 13.0. The molecule has 5 heteroatoms. The van der Waals surface area contributed by atoms with Crippen molar-refractivity contribution < 1.29 is 19.1 Å². The molecule has 0 saturated heterocycles. The second kappa shape index (κ2) is 8.18. The van der Waals surface area contributed by atoms with E-state index >= 15 is 0 Å². The van der Waals surface area contributed by atoms with E-state index in [0.29, 0.717) is 24.3 Å². The summed E-state index contributed by atoms with van der Waals surface area (Å²) in [5, 5.41) is 1.77. The van der Waals surface area contributed by atoms with Gasteiger partial charge in [0, 0.05) is 30.6 Å². The molecule has 0 aliphatic carbocycles. The van der Waals surface area contributed by atoms with Crippen molar-refractivity contribution in [3.05, 3.63) is 71.0 Å². The van der Waals surface area contributed by atoms with E-state index in [2.05, 4.69) is 0 Å². The Hall–Kier alpha value is -2.92. The van der Waals surface area contributed by atoms with E-state index in [-0.39, 0.29) is 12.4 Å². The number of benzene rings is 2. The number of hydrogen-bond acceptors (Lipinski definition) is 4. The Balaban J connectivity index is 1.73. The lowest BCUT2D eigenvalue weighted by atomic mass is 10.0. The van der Waals surface area contributed by atoms with E-state index in [1.807, 2.05) is 60.9 Å². The summed E-state index contributed by atoms with van der Waals surface area (Å²) < 4.78 is 12.5. The van der Waals surface area contributed by atoms with Gasteiger partial charge in [0.1, 0.15) is 0 Å². The molecule has 3 rings (SSSR count). The molecule has 27 heavy (non-hydrogen) atoms. The summed E-state index contributed by atoms with van der Waals surface area (Å²) in [5.74, 6) is -0.700. The van der Waals surface area contributed by atoms with Gasteiger partial charge in [0.2, 0.25) is 5.78 Å². The van der Waals surface area contributed by atoms with Crippen molar-refractivity contribution in [3.8, 4) is 0 Å². The predicted molar refractivity (Wildman–Crippen MR) is 104 cm³/mol. The largest absolute Gasteiger partial charge is 0.454 e. The molecule has 0 spiro atoms. The molecule has 1 aromatic heterocycles. The number of aromatic nitrogens is 1. The molecule has 0 atom stereocenters. The molecule has 1 heterocycles. The summed E-state index contributed by atoms with van der Waals surface area (Å²) in [6.07, 6.45) is 0. The average Bonchev–Trinajstić information content (AvgIpc) is 2.97. The van der Waals surface area contributed by atoms with Gasteiger partial charge in [0.05, 0.1) is 12.2 Å². The zero-order valence-electron chi connectivity index (χ0n) is 15.8. The van der Waals surface area contributed by atoms with Gasteiger partial charge in [0.15, 0.2) is 6.61 Å². The molecule has 0 bridgehead atoms. The molecule has 0 aliphatic rings. The fourth-order valence-corrected chi connectivity index (χ4v) is 3.30. The van der Waals surface area contributed by atoms with Gasteiger partial charge in [-0.05, 0) is 36.8 Å². The fraction of sp³-hybridized carbons (Fsp3) is 0.273. The highest BCUT2D eigenvalue weighted by molar-refractivity contribution is 6.06. The number of esters is 1. The van der Waals surface area contributed by atoms with Gasteiger partial charge in [-0.2, -0.15) is 0 Å². The summed E-state index contributed by atoms with van der Waals surface area (Å²) in [6.45, 7) is 4.80. The zero-order valence-corrected chi connectivity index (χ0v) is 15.8. The van der Waals surface area contributed by atoms with E-state index in [4.69, 9.17) is 9.47 Å². The molecule has 2 aromatic carbocycles. The molecular weight excluding hydrogens is 342 g/mol. The summed E-state index contributed by atoms with van der Waals surface area (Å²) in [4.78, 5) is 25.1. The van der Waals surface area contributed by atoms with Crippen LogP contribution in [0.2, 0.25) is 0 Å². The summed E-state index contributed by atoms with van der Waals surface area (Å²) >= 11 is 0. The summed E-state index contributed by atoms with van der Waals surface area (Å²) in [7, 11) is 1.65. The minimum atomic E-state index is -0.492. The van der Waals surface area contributed by atoms with Crippen LogP contribution >= 0.6 is 0 Å². The number of fused-ring (bicyclic) bond motifs is 1. The van der Waals surface area contributed by atoms with Crippen LogP contribution in [0.25, 0.3) is 10.8 Å². The van der Waals surface area contributed by atoms with Crippen LogP contribution in [0.5, 0.6) is 0 Å². The van der Waals surface area contributed by atoms with E-state index in [1.165, 1.54) is 0 Å². The molecule has 3 aromatic rings. The number of ether oxygens (including phenoxy) is 2. The SMILES string of the molecule is COCCn1c(C)cc(C(=O)COC(=O)c2cccc3ccccc23)c1C. The number of carbonyl (C=O) groups is 2. The molecule has 0 N–H and O–H groups in total. The van der Waals surface area contributed by atoms with Gasteiger partial charge >= 0.3 is 5.97 Å². The van der Waals surface area contributed by atoms with E-state index in [9.17, 15) is 9.59 Å². The molecule has 5 nitrogen and oxygen atoms in total. The Morgan fingerprint density at radius 1 is 1.00 bits per heavy atom. The zero-order chi connectivity index (χ0) is 19.4. The Kier molecular flexibility index (Phi) is 5.72. The van der Waals surface area contributed by atoms with Gasteiger partial charge < -0.3 is 14.0 Å². The highest BCUT2D eigenvalue weighted by Gasteiger charge is 2.18. The van der Waals surface area contributed by atoms with Crippen molar-refractivity contribution in [2.75, 3.05) is 20.3 Å². The maximum atomic E-state index is 12.6. The van der Waals surface area contributed by atoms with Crippen molar-refractivity contribution >= 4 is 22.5 Å². The van der Waals surface area contributed by atoms with Crippen molar-refractivity contribution in [2.24, 2.45) is 0 Å². The first kappa shape index (κ1) is 18.9. The lowest BCUT2D eigenvalue weighted by Crippen LogP contribution is -2.15. The molecule has 0 saturated carbocycles. The summed E-state index contributed by atoms with van der Waals surface area (Å²) in [6, 6.07) is 14.9. The highest BCUT2D eigenvalue weighted by atomic mass is 16.5. The quantitative estimate of drug-likeness (QED) is 0.470. The molecule has 0 amide bonds. The van der Waals surface area contributed by atoms with Crippen molar-refractivity contribution in [3.63, 3.8) is 0 Å². The highest BCUT2D eigenvalue weighted by Crippen LogP contribution is 2.20. The molecule has 0 aliphatic heterocycles. The fourth-order valence-electron chi connectivity index (χ4n) is 3.30. The van der Waals surface area contributed by atoms with Gasteiger partial charge in [-0.1, -0.05) is 36.4 Å². The van der Waals surface area contributed by atoms with Gasteiger partial charge in [0.25, 0.3) is 0 Å². The topological polar surface area (TPSA) is 57.5 Å². The number of hydrogen-bond donors (Lipinski definition) is 0. The van der Waals surface area contributed by atoms with Crippen LogP contribution in [-0.4, -0.2) is 36.6 Å². The molecule has 0 fully saturated rings. The number of nitrogens with zero attached hydrogens (tertiary/aromatic N) is 1. The number of ketones is 1. The Morgan fingerprint density at radius 3 is 2.52 bits per heavy atom. The van der Waals surface area contributed by atoms with Crippen LogP contribution in [-0.2, 0) is 16.0 Å². The van der Waals surface area contributed by atoms with Crippen molar-refractivity contribution in [1.29, 1.82) is 0 Å². The van der Waals surface area contributed by atoms with Crippen LogP contribution < -0.4 is 0 Å². The number of rotatable bonds is 7. The number of aryl methyl sites for hydroxylation is 1. The van der Waals surface area contributed by atoms with Crippen LogP contribution in [0.15, 0.2) is 48.5 Å². The summed E-state index contributed by atoms with van der Waals surface area (Å²) in [5.41, 5.74) is 2.88. The first-order valence-corrected chi connectivity index (χ1v) is 8.86. The second-order valence-corrected chi connectivity index (χ2v) is 6.46. The number of methoxy groups -OCH3 is 1. The minimum Gasteiger partial charge on any atom is -0.454 e. The Labute approximate surface area is 158 Å². The van der Waals surface area contributed by atoms with Crippen molar-refractivity contribution in [1.82, 2.24) is 4.57 Å². The van der Waals surface area contributed by atoms with E-state index in [1.54, 1.807) is 13.2 Å². The lowest BCUT2D eigenvalue weighted by Gasteiger charge is -2.09. The van der Waals surface area contributed by atoms with Crippen LogP contribution in [0.3, 0.4) is 0 Å². The minimum absolute atomic E-state index is 0.208. The number of Topliss-reactive ketones (excluding diaryl/α,β-unsaturated/α-hetero) is 1. The standard InChI is InChI=1S/C22H23NO4/c1-15-13-20(16(2)23(15)11-12-26-3)21(24)14-27-22(25)19-10-6-8-17-7-4-5-9-18(17)19/h4-10,13H,11-12,14H2,1-3H3. The molecule has 140 valence electrons.